The first-order valence-electron chi connectivity index (χ1n) is 6.53. The molecule has 0 bridgehead atoms. The SMILES string of the molecule is CC1CCNCC(CC#N)N1Cc1cccnc1. The van der Waals surface area contributed by atoms with Crippen molar-refractivity contribution in [3.05, 3.63) is 30.1 Å². The molecule has 1 aromatic heterocycles. The van der Waals surface area contributed by atoms with E-state index < -0.39 is 0 Å². The Morgan fingerprint density at radius 2 is 2.50 bits per heavy atom. The Morgan fingerprint density at radius 3 is 3.22 bits per heavy atom. The van der Waals surface area contributed by atoms with Gasteiger partial charge < -0.3 is 5.32 Å². The lowest BCUT2D eigenvalue weighted by Crippen LogP contribution is -2.42. The van der Waals surface area contributed by atoms with Crippen molar-refractivity contribution in [2.24, 2.45) is 0 Å². The molecule has 0 spiro atoms. The van der Waals surface area contributed by atoms with Crippen LogP contribution in [0.4, 0.5) is 0 Å². The lowest BCUT2D eigenvalue weighted by Gasteiger charge is -2.33. The van der Waals surface area contributed by atoms with E-state index in [9.17, 15) is 0 Å². The van der Waals surface area contributed by atoms with Crippen molar-refractivity contribution in [1.82, 2.24) is 15.2 Å². The van der Waals surface area contributed by atoms with Gasteiger partial charge in [-0.15, -0.1) is 0 Å². The molecule has 1 aliphatic rings. The van der Waals surface area contributed by atoms with E-state index in [2.05, 4.69) is 34.3 Å². The van der Waals surface area contributed by atoms with Crippen LogP contribution in [0.25, 0.3) is 0 Å². The van der Waals surface area contributed by atoms with E-state index in [1.165, 1.54) is 5.56 Å². The van der Waals surface area contributed by atoms with Gasteiger partial charge in [0.25, 0.3) is 0 Å². The summed E-state index contributed by atoms with van der Waals surface area (Å²) in [5.74, 6) is 0. The summed E-state index contributed by atoms with van der Waals surface area (Å²) >= 11 is 0. The van der Waals surface area contributed by atoms with Crippen LogP contribution in [0.1, 0.15) is 25.3 Å². The monoisotopic (exact) mass is 244 g/mol. The molecule has 1 aliphatic heterocycles. The third-order valence-corrected chi connectivity index (χ3v) is 3.57. The van der Waals surface area contributed by atoms with E-state index >= 15 is 0 Å². The molecule has 2 heterocycles. The number of rotatable bonds is 3. The summed E-state index contributed by atoms with van der Waals surface area (Å²) in [6.45, 7) is 5.06. The molecular weight excluding hydrogens is 224 g/mol. The van der Waals surface area contributed by atoms with Gasteiger partial charge in [-0.1, -0.05) is 6.07 Å². The highest BCUT2D eigenvalue weighted by Gasteiger charge is 2.25. The smallest absolute Gasteiger partial charge is 0.0638 e. The van der Waals surface area contributed by atoms with Gasteiger partial charge in [0.2, 0.25) is 0 Å². The summed E-state index contributed by atoms with van der Waals surface area (Å²) in [5.41, 5.74) is 1.22. The van der Waals surface area contributed by atoms with Gasteiger partial charge in [0.05, 0.1) is 12.5 Å². The fourth-order valence-electron chi connectivity index (χ4n) is 2.50. The molecule has 0 amide bonds. The number of hydrogen-bond acceptors (Lipinski definition) is 4. The summed E-state index contributed by atoms with van der Waals surface area (Å²) in [6, 6.07) is 7.17. The molecule has 2 rings (SSSR count). The summed E-state index contributed by atoms with van der Waals surface area (Å²) in [4.78, 5) is 6.59. The molecule has 0 radical (unpaired) electrons. The van der Waals surface area contributed by atoms with Gasteiger partial charge in [0.15, 0.2) is 0 Å². The second kappa shape index (κ2) is 6.48. The molecule has 4 nitrogen and oxygen atoms in total. The first-order chi connectivity index (χ1) is 8.81. The molecule has 0 saturated carbocycles. The van der Waals surface area contributed by atoms with Crippen molar-refractivity contribution < 1.29 is 0 Å². The third-order valence-electron chi connectivity index (χ3n) is 3.57. The fraction of sp³-hybridized carbons (Fsp3) is 0.571. The molecule has 2 unspecified atom stereocenters. The van der Waals surface area contributed by atoms with E-state index in [-0.39, 0.29) is 0 Å². The molecule has 18 heavy (non-hydrogen) atoms. The lowest BCUT2D eigenvalue weighted by atomic mass is 10.1. The van der Waals surface area contributed by atoms with Crippen molar-refractivity contribution >= 4 is 0 Å². The Bertz CT molecular complexity index is 398. The van der Waals surface area contributed by atoms with Crippen LogP contribution in [0.5, 0.6) is 0 Å². The Hall–Kier alpha value is -1.44. The predicted molar refractivity (Wildman–Crippen MR) is 70.7 cm³/mol. The van der Waals surface area contributed by atoms with Crippen molar-refractivity contribution in [2.45, 2.75) is 38.4 Å². The zero-order valence-corrected chi connectivity index (χ0v) is 10.8. The highest BCUT2D eigenvalue weighted by Crippen LogP contribution is 2.17. The largest absolute Gasteiger partial charge is 0.315 e. The van der Waals surface area contributed by atoms with E-state index in [4.69, 9.17) is 5.26 Å². The molecule has 2 atom stereocenters. The van der Waals surface area contributed by atoms with Crippen LogP contribution in [0.2, 0.25) is 0 Å². The molecule has 0 aliphatic carbocycles. The van der Waals surface area contributed by atoms with Gasteiger partial charge in [-0.3, -0.25) is 9.88 Å². The van der Waals surface area contributed by atoms with Crippen LogP contribution < -0.4 is 5.32 Å². The van der Waals surface area contributed by atoms with Crippen LogP contribution >= 0.6 is 0 Å². The first kappa shape index (κ1) is 13.0. The van der Waals surface area contributed by atoms with Crippen LogP contribution in [0.15, 0.2) is 24.5 Å². The maximum Gasteiger partial charge on any atom is 0.0638 e. The number of aromatic nitrogens is 1. The number of nitrogens with zero attached hydrogens (tertiary/aromatic N) is 3. The van der Waals surface area contributed by atoms with Crippen LogP contribution in [-0.4, -0.2) is 35.1 Å². The van der Waals surface area contributed by atoms with Gasteiger partial charge in [0.1, 0.15) is 0 Å². The Labute approximate surface area is 109 Å². The van der Waals surface area contributed by atoms with E-state index in [0.29, 0.717) is 18.5 Å². The zero-order valence-electron chi connectivity index (χ0n) is 10.8. The molecule has 1 saturated heterocycles. The molecule has 1 fully saturated rings. The maximum atomic E-state index is 8.96. The minimum absolute atomic E-state index is 0.299. The topological polar surface area (TPSA) is 52.0 Å². The fourth-order valence-corrected chi connectivity index (χ4v) is 2.50. The average molecular weight is 244 g/mol. The quantitative estimate of drug-likeness (QED) is 0.876. The van der Waals surface area contributed by atoms with Crippen molar-refractivity contribution in [2.75, 3.05) is 13.1 Å². The molecule has 1 N–H and O–H groups in total. The Morgan fingerprint density at radius 1 is 1.61 bits per heavy atom. The Balaban J connectivity index is 2.11. The number of nitriles is 1. The molecular formula is C14H20N4. The molecule has 0 aromatic carbocycles. The van der Waals surface area contributed by atoms with Crippen LogP contribution in [-0.2, 0) is 6.54 Å². The Kier molecular flexibility index (Phi) is 4.68. The van der Waals surface area contributed by atoms with E-state index in [1.54, 1.807) is 6.20 Å². The minimum Gasteiger partial charge on any atom is -0.315 e. The predicted octanol–water partition coefficient (Wildman–Crippen LogP) is 1.55. The lowest BCUT2D eigenvalue weighted by molar-refractivity contribution is 0.145. The van der Waals surface area contributed by atoms with Gasteiger partial charge in [-0.25, -0.2) is 0 Å². The van der Waals surface area contributed by atoms with Gasteiger partial charge in [0, 0.05) is 37.6 Å². The minimum atomic E-state index is 0.299. The first-order valence-corrected chi connectivity index (χ1v) is 6.53. The standard InChI is InChI=1S/C14H20N4/c1-12-5-8-17-10-14(4-6-15)18(12)11-13-3-2-7-16-9-13/h2-3,7,9,12,14,17H,4-5,8,10-11H2,1H3. The molecule has 1 aromatic rings. The van der Waals surface area contributed by atoms with Crippen molar-refractivity contribution in [1.29, 1.82) is 5.26 Å². The molecule has 96 valence electrons. The van der Waals surface area contributed by atoms with E-state index in [1.807, 2.05) is 12.3 Å². The zero-order chi connectivity index (χ0) is 12.8. The normalized spacial score (nSPS) is 25.3. The second-order valence-electron chi connectivity index (χ2n) is 4.89. The number of nitrogens with one attached hydrogen (secondary N) is 1. The highest BCUT2D eigenvalue weighted by atomic mass is 15.2. The maximum absolute atomic E-state index is 8.96. The summed E-state index contributed by atoms with van der Waals surface area (Å²) in [6.07, 6.45) is 5.41. The number of pyridine rings is 1. The molecule has 4 heteroatoms. The van der Waals surface area contributed by atoms with E-state index in [0.717, 1.165) is 26.1 Å². The van der Waals surface area contributed by atoms with Crippen LogP contribution in [0.3, 0.4) is 0 Å². The third kappa shape index (κ3) is 3.28. The van der Waals surface area contributed by atoms with Crippen LogP contribution in [0, 0.1) is 11.3 Å². The summed E-state index contributed by atoms with van der Waals surface area (Å²) < 4.78 is 0. The summed E-state index contributed by atoms with van der Waals surface area (Å²) in [7, 11) is 0. The second-order valence-corrected chi connectivity index (χ2v) is 4.89. The summed E-state index contributed by atoms with van der Waals surface area (Å²) in [5, 5.41) is 12.4. The highest BCUT2D eigenvalue weighted by molar-refractivity contribution is 5.09. The average Bonchev–Trinajstić information content (AvgIpc) is 2.56. The van der Waals surface area contributed by atoms with Crippen molar-refractivity contribution in [3.63, 3.8) is 0 Å². The van der Waals surface area contributed by atoms with Gasteiger partial charge >= 0.3 is 0 Å². The van der Waals surface area contributed by atoms with Gasteiger partial charge in [-0.05, 0) is 31.5 Å². The number of hydrogen-bond donors (Lipinski definition) is 1. The van der Waals surface area contributed by atoms with Gasteiger partial charge in [-0.2, -0.15) is 5.26 Å². The van der Waals surface area contributed by atoms with Crippen molar-refractivity contribution in [3.8, 4) is 6.07 Å².